The Hall–Kier alpha value is -1.67. The molecule has 9 heteroatoms. The van der Waals surface area contributed by atoms with E-state index in [1.807, 2.05) is 0 Å². The molecule has 0 bridgehead atoms. The summed E-state index contributed by atoms with van der Waals surface area (Å²) in [5.41, 5.74) is 0. The van der Waals surface area contributed by atoms with Crippen LogP contribution in [0.4, 0.5) is 6.01 Å². The summed E-state index contributed by atoms with van der Waals surface area (Å²) in [4.78, 5) is 3.69. The van der Waals surface area contributed by atoms with Crippen LogP contribution < -0.4 is 4.72 Å². The van der Waals surface area contributed by atoms with Gasteiger partial charge in [0, 0.05) is 12.1 Å². The van der Waals surface area contributed by atoms with E-state index in [2.05, 4.69) is 19.9 Å². The van der Waals surface area contributed by atoms with Gasteiger partial charge in [0.15, 0.2) is 0 Å². The first-order chi connectivity index (χ1) is 9.04. The molecule has 0 aliphatic heterocycles. The predicted octanol–water partition coefficient (Wildman–Crippen LogP) is 1.80. The third-order valence-electron chi connectivity index (χ3n) is 2.60. The highest BCUT2D eigenvalue weighted by Crippen LogP contribution is 2.39. The molecule has 1 saturated carbocycles. The summed E-state index contributed by atoms with van der Waals surface area (Å²) in [5.74, 6) is 0.731. The van der Waals surface area contributed by atoms with Crippen LogP contribution in [0.2, 0.25) is 5.15 Å². The summed E-state index contributed by atoms with van der Waals surface area (Å²) in [5, 5.41) is 7.66. The molecule has 0 unspecified atom stereocenters. The van der Waals surface area contributed by atoms with Crippen molar-refractivity contribution < 1.29 is 12.8 Å². The molecule has 0 atom stereocenters. The molecule has 2 aromatic heterocycles. The first-order valence-electron chi connectivity index (χ1n) is 5.52. The maximum atomic E-state index is 12.0. The Bertz CT molecular complexity index is 694. The van der Waals surface area contributed by atoms with E-state index in [-0.39, 0.29) is 22.0 Å². The molecule has 1 aliphatic carbocycles. The number of sulfonamides is 1. The highest BCUT2D eigenvalue weighted by Gasteiger charge is 2.30. The number of pyridine rings is 1. The number of hydrogen-bond donors (Lipinski definition) is 1. The van der Waals surface area contributed by atoms with Crippen LogP contribution in [0, 0.1) is 0 Å². The lowest BCUT2D eigenvalue weighted by Gasteiger charge is -2.03. The van der Waals surface area contributed by atoms with Gasteiger partial charge in [-0.15, -0.1) is 5.10 Å². The molecule has 100 valence electrons. The second-order valence-electron chi connectivity index (χ2n) is 4.14. The van der Waals surface area contributed by atoms with Crippen LogP contribution in [-0.2, 0) is 10.0 Å². The van der Waals surface area contributed by atoms with Crippen molar-refractivity contribution in [3.63, 3.8) is 0 Å². The Labute approximate surface area is 114 Å². The van der Waals surface area contributed by atoms with Crippen LogP contribution in [0.5, 0.6) is 0 Å². The summed E-state index contributed by atoms with van der Waals surface area (Å²) in [6, 6.07) is 2.59. The van der Waals surface area contributed by atoms with E-state index in [4.69, 9.17) is 16.0 Å². The van der Waals surface area contributed by atoms with E-state index in [0.717, 1.165) is 19.0 Å². The van der Waals surface area contributed by atoms with Crippen LogP contribution >= 0.6 is 11.6 Å². The second kappa shape index (κ2) is 4.46. The highest BCUT2D eigenvalue weighted by atomic mass is 35.5. The van der Waals surface area contributed by atoms with E-state index in [1.54, 1.807) is 0 Å². The third-order valence-corrected chi connectivity index (χ3v) is 4.13. The van der Waals surface area contributed by atoms with Crippen LogP contribution in [-0.4, -0.2) is 23.6 Å². The van der Waals surface area contributed by atoms with E-state index in [1.165, 1.54) is 12.1 Å². The minimum Gasteiger partial charge on any atom is -0.407 e. The number of nitrogens with zero attached hydrogens (tertiary/aromatic N) is 3. The number of rotatable bonds is 4. The average molecular weight is 301 g/mol. The first kappa shape index (κ1) is 12.4. The number of hydrogen-bond acceptors (Lipinski definition) is 6. The third kappa shape index (κ3) is 2.69. The highest BCUT2D eigenvalue weighted by molar-refractivity contribution is 7.92. The van der Waals surface area contributed by atoms with Gasteiger partial charge < -0.3 is 4.42 Å². The van der Waals surface area contributed by atoms with Crippen molar-refractivity contribution in [3.05, 3.63) is 29.4 Å². The first-order valence-corrected chi connectivity index (χ1v) is 7.38. The maximum Gasteiger partial charge on any atom is 0.329 e. The molecule has 1 aliphatic rings. The molecular weight excluding hydrogens is 292 g/mol. The lowest BCUT2D eigenvalue weighted by molar-refractivity contribution is 0.510. The second-order valence-corrected chi connectivity index (χ2v) is 6.21. The van der Waals surface area contributed by atoms with Gasteiger partial charge in [0.25, 0.3) is 10.0 Å². The molecule has 0 aromatic carbocycles. The summed E-state index contributed by atoms with van der Waals surface area (Å²) in [6.45, 7) is 0. The van der Waals surface area contributed by atoms with Gasteiger partial charge in [0.05, 0.1) is 0 Å². The standard InChI is InChI=1S/C10H9ClN4O3S/c11-8-4-3-7(5-12-8)19(16,17)15-10-14-13-9(18-10)6-1-2-6/h3-6H,1-2H2,(H,14,15). The average Bonchev–Trinajstić information content (AvgIpc) is 3.11. The smallest absolute Gasteiger partial charge is 0.329 e. The lowest BCUT2D eigenvalue weighted by Crippen LogP contribution is -2.13. The Morgan fingerprint density at radius 1 is 1.32 bits per heavy atom. The fourth-order valence-electron chi connectivity index (χ4n) is 1.47. The summed E-state index contributed by atoms with van der Waals surface area (Å²) < 4.78 is 31.4. The van der Waals surface area contributed by atoms with E-state index < -0.39 is 10.0 Å². The molecule has 0 amide bonds. The van der Waals surface area contributed by atoms with Gasteiger partial charge in [0.2, 0.25) is 5.89 Å². The quantitative estimate of drug-likeness (QED) is 0.864. The molecule has 2 aromatic rings. The van der Waals surface area contributed by atoms with Crippen molar-refractivity contribution >= 4 is 27.6 Å². The molecule has 0 saturated heterocycles. The molecule has 2 heterocycles. The Morgan fingerprint density at radius 3 is 2.74 bits per heavy atom. The van der Waals surface area contributed by atoms with Gasteiger partial charge in [-0.1, -0.05) is 16.7 Å². The number of halogens is 1. The Kier molecular flexibility index (Phi) is 2.90. The molecule has 0 spiro atoms. The summed E-state index contributed by atoms with van der Waals surface area (Å²) in [6.07, 6.45) is 3.15. The van der Waals surface area contributed by atoms with Crippen LogP contribution in [0.15, 0.2) is 27.6 Å². The molecule has 0 radical (unpaired) electrons. The summed E-state index contributed by atoms with van der Waals surface area (Å²) >= 11 is 5.60. The van der Waals surface area contributed by atoms with Crippen LogP contribution in [0.1, 0.15) is 24.7 Å². The largest absolute Gasteiger partial charge is 0.407 e. The fraction of sp³-hybridized carbons (Fsp3) is 0.300. The van der Waals surface area contributed by atoms with E-state index in [0.29, 0.717) is 5.89 Å². The minimum absolute atomic E-state index is 0.0249. The predicted molar refractivity (Wildman–Crippen MR) is 66.3 cm³/mol. The van der Waals surface area contributed by atoms with Crippen molar-refractivity contribution in [2.45, 2.75) is 23.7 Å². The minimum atomic E-state index is -3.79. The number of nitrogens with one attached hydrogen (secondary N) is 1. The summed E-state index contributed by atoms with van der Waals surface area (Å²) in [7, 11) is -3.79. The zero-order valence-electron chi connectivity index (χ0n) is 9.58. The maximum absolute atomic E-state index is 12.0. The van der Waals surface area contributed by atoms with Gasteiger partial charge >= 0.3 is 6.01 Å². The van der Waals surface area contributed by atoms with Crippen LogP contribution in [0.25, 0.3) is 0 Å². The van der Waals surface area contributed by atoms with Crippen molar-refractivity contribution in [3.8, 4) is 0 Å². The molecule has 7 nitrogen and oxygen atoms in total. The Balaban J connectivity index is 1.81. The normalized spacial score (nSPS) is 15.4. The van der Waals surface area contributed by atoms with Crippen molar-refractivity contribution in [2.24, 2.45) is 0 Å². The van der Waals surface area contributed by atoms with Crippen molar-refractivity contribution in [1.29, 1.82) is 0 Å². The monoisotopic (exact) mass is 300 g/mol. The van der Waals surface area contributed by atoms with E-state index >= 15 is 0 Å². The molecule has 3 rings (SSSR count). The van der Waals surface area contributed by atoms with Gasteiger partial charge in [-0.05, 0) is 25.0 Å². The van der Waals surface area contributed by atoms with Gasteiger partial charge in [-0.3, -0.25) is 0 Å². The zero-order chi connectivity index (χ0) is 13.5. The van der Waals surface area contributed by atoms with Crippen LogP contribution in [0.3, 0.4) is 0 Å². The SMILES string of the molecule is O=S(=O)(Nc1nnc(C2CC2)o1)c1ccc(Cl)nc1. The van der Waals surface area contributed by atoms with Gasteiger partial charge in [0.1, 0.15) is 10.0 Å². The van der Waals surface area contributed by atoms with E-state index in [9.17, 15) is 8.42 Å². The van der Waals surface area contributed by atoms with Crippen molar-refractivity contribution in [1.82, 2.24) is 15.2 Å². The molecule has 19 heavy (non-hydrogen) atoms. The fourth-order valence-corrected chi connectivity index (χ4v) is 2.45. The molecule has 1 fully saturated rings. The Morgan fingerprint density at radius 2 is 2.11 bits per heavy atom. The van der Waals surface area contributed by atoms with Gasteiger partial charge in [-0.25, -0.2) is 18.1 Å². The van der Waals surface area contributed by atoms with Crippen molar-refractivity contribution in [2.75, 3.05) is 4.72 Å². The zero-order valence-corrected chi connectivity index (χ0v) is 11.1. The number of aromatic nitrogens is 3. The van der Waals surface area contributed by atoms with Gasteiger partial charge in [-0.2, -0.15) is 0 Å². The molecule has 1 N–H and O–H groups in total. The molecular formula is C10H9ClN4O3S. The lowest BCUT2D eigenvalue weighted by atomic mass is 10.4. The topological polar surface area (TPSA) is 98.0 Å². The number of anilines is 1.